The molecule has 1 aromatic rings. The zero-order chi connectivity index (χ0) is 14.7. The Kier molecular flexibility index (Phi) is 4.10. The highest BCUT2D eigenvalue weighted by atomic mass is 16.5. The number of likely N-dealkylation sites (tertiary alicyclic amines) is 1. The van der Waals surface area contributed by atoms with Crippen molar-refractivity contribution in [3.05, 3.63) is 18.3 Å². The molecule has 114 valence electrons. The van der Waals surface area contributed by atoms with Crippen LogP contribution < -0.4 is 9.64 Å². The summed E-state index contributed by atoms with van der Waals surface area (Å²) in [4.78, 5) is 18.8. The molecule has 1 aromatic heterocycles. The molecule has 2 aliphatic rings. The molecule has 0 aromatic carbocycles. The minimum Gasteiger partial charge on any atom is -0.472 e. The number of amides is 1. The molecule has 2 fully saturated rings. The van der Waals surface area contributed by atoms with Gasteiger partial charge in [0, 0.05) is 32.1 Å². The molecule has 0 radical (unpaired) electrons. The number of rotatable bonds is 3. The second kappa shape index (κ2) is 6.17. The molecule has 0 spiro atoms. The molecule has 1 unspecified atom stereocenters. The van der Waals surface area contributed by atoms with E-state index in [0.717, 1.165) is 32.0 Å². The molecule has 21 heavy (non-hydrogen) atoms. The largest absolute Gasteiger partial charge is 0.472 e. The summed E-state index contributed by atoms with van der Waals surface area (Å²) in [5, 5.41) is 8.92. The summed E-state index contributed by atoms with van der Waals surface area (Å²) in [7, 11) is 0. The van der Waals surface area contributed by atoms with Gasteiger partial charge in [0.1, 0.15) is 6.10 Å². The van der Waals surface area contributed by atoms with E-state index in [1.807, 2.05) is 12.1 Å². The molecule has 7 heteroatoms. The third-order valence-electron chi connectivity index (χ3n) is 3.80. The molecule has 1 amide bonds. The number of pyridine rings is 1. The van der Waals surface area contributed by atoms with Gasteiger partial charge in [-0.3, -0.25) is 0 Å². The van der Waals surface area contributed by atoms with Gasteiger partial charge in [-0.05, 0) is 6.07 Å². The monoisotopic (exact) mass is 293 g/mol. The van der Waals surface area contributed by atoms with E-state index in [0.29, 0.717) is 25.4 Å². The predicted molar refractivity (Wildman–Crippen MR) is 75.9 cm³/mol. The molecule has 3 rings (SSSR count). The molecular weight excluding hydrogens is 274 g/mol. The smallest absolute Gasteiger partial charge is 0.407 e. The predicted octanol–water partition coefficient (Wildman–Crippen LogP) is 1.05. The Morgan fingerprint density at radius 2 is 2.14 bits per heavy atom. The van der Waals surface area contributed by atoms with Crippen LogP contribution in [0.2, 0.25) is 0 Å². The highest BCUT2D eigenvalue weighted by Gasteiger charge is 2.27. The van der Waals surface area contributed by atoms with Crippen LogP contribution in [0.1, 0.15) is 6.42 Å². The van der Waals surface area contributed by atoms with Crippen LogP contribution in [0.4, 0.5) is 10.5 Å². The number of ether oxygens (including phenoxy) is 2. The van der Waals surface area contributed by atoms with Gasteiger partial charge in [0.15, 0.2) is 0 Å². The average Bonchev–Trinajstić information content (AvgIpc) is 2.98. The molecular formula is C14H19N3O4. The Morgan fingerprint density at radius 3 is 2.76 bits per heavy atom. The Bertz CT molecular complexity index is 487. The molecule has 2 aliphatic heterocycles. The number of hydrogen-bond donors (Lipinski definition) is 1. The number of aromatic nitrogens is 1. The first kappa shape index (κ1) is 13.9. The second-order valence-electron chi connectivity index (χ2n) is 5.21. The van der Waals surface area contributed by atoms with Gasteiger partial charge in [-0.1, -0.05) is 0 Å². The SMILES string of the molecule is O=C(O)N1CCC(Oc2ccc(N3CCOCC3)cn2)C1. The fourth-order valence-electron chi connectivity index (χ4n) is 2.62. The van der Waals surface area contributed by atoms with Gasteiger partial charge >= 0.3 is 6.09 Å². The summed E-state index contributed by atoms with van der Waals surface area (Å²) < 4.78 is 11.1. The van der Waals surface area contributed by atoms with Crippen molar-refractivity contribution >= 4 is 11.8 Å². The second-order valence-corrected chi connectivity index (χ2v) is 5.21. The van der Waals surface area contributed by atoms with Crippen molar-refractivity contribution in [1.82, 2.24) is 9.88 Å². The molecule has 0 aliphatic carbocycles. The zero-order valence-corrected chi connectivity index (χ0v) is 11.8. The van der Waals surface area contributed by atoms with Crippen molar-refractivity contribution in [2.24, 2.45) is 0 Å². The zero-order valence-electron chi connectivity index (χ0n) is 11.8. The van der Waals surface area contributed by atoms with E-state index >= 15 is 0 Å². The molecule has 1 atom stereocenters. The van der Waals surface area contributed by atoms with E-state index < -0.39 is 6.09 Å². The molecule has 0 saturated carbocycles. The summed E-state index contributed by atoms with van der Waals surface area (Å²) in [6.45, 7) is 4.15. The van der Waals surface area contributed by atoms with Gasteiger partial charge in [-0.2, -0.15) is 0 Å². The summed E-state index contributed by atoms with van der Waals surface area (Å²) >= 11 is 0. The van der Waals surface area contributed by atoms with Crippen molar-refractivity contribution in [3.8, 4) is 5.88 Å². The number of hydrogen-bond acceptors (Lipinski definition) is 5. The first-order valence-corrected chi connectivity index (χ1v) is 7.15. The fraction of sp³-hybridized carbons (Fsp3) is 0.571. The van der Waals surface area contributed by atoms with Crippen molar-refractivity contribution in [1.29, 1.82) is 0 Å². The lowest BCUT2D eigenvalue weighted by atomic mass is 10.3. The number of carboxylic acid groups (broad SMARTS) is 1. The third-order valence-corrected chi connectivity index (χ3v) is 3.80. The highest BCUT2D eigenvalue weighted by molar-refractivity contribution is 5.65. The fourth-order valence-corrected chi connectivity index (χ4v) is 2.62. The maximum absolute atomic E-state index is 10.9. The Hall–Kier alpha value is -2.02. The average molecular weight is 293 g/mol. The minimum atomic E-state index is -0.892. The van der Waals surface area contributed by atoms with Crippen LogP contribution in [-0.2, 0) is 4.74 Å². The van der Waals surface area contributed by atoms with Crippen molar-refractivity contribution in [2.45, 2.75) is 12.5 Å². The van der Waals surface area contributed by atoms with Crippen molar-refractivity contribution in [2.75, 3.05) is 44.3 Å². The molecule has 7 nitrogen and oxygen atoms in total. The Morgan fingerprint density at radius 1 is 1.33 bits per heavy atom. The first-order valence-electron chi connectivity index (χ1n) is 7.15. The van der Waals surface area contributed by atoms with Gasteiger partial charge in [-0.25, -0.2) is 9.78 Å². The van der Waals surface area contributed by atoms with Gasteiger partial charge in [0.25, 0.3) is 0 Å². The van der Waals surface area contributed by atoms with E-state index in [2.05, 4.69) is 9.88 Å². The third kappa shape index (κ3) is 3.36. The number of morpholine rings is 1. The summed E-state index contributed by atoms with van der Waals surface area (Å²) in [5.74, 6) is 0.546. The summed E-state index contributed by atoms with van der Waals surface area (Å²) in [6.07, 6.45) is 1.50. The van der Waals surface area contributed by atoms with Crippen LogP contribution in [0.3, 0.4) is 0 Å². The van der Waals surface area contributed by atoms with Gasteiger partial charge in [0.2, 0.25) is 5.88 Å². The summed E-state index contributed by atoms with van der Waals surface area (Å²) in [5.41, 5.74) is 1.06. The highest BCUT2D eigenvalue weighted by Crippen LogP contribution is 2.20. The van der Waals surface area contributed by atoms with E-state index in [1.165, 1.54) is 4.90 Å². The van der Waals surface area contributed by atoms with Gasteiger partial charge < -0.3 is 24.4 Å². The number of carbonyl (C=O) groups is 1. The molecule has 3 heterocycles. The van der Waals surface area contributed by atoms with Crippen LogP contribution >= 0.6 is 0 Å². The maximum Gasteiger partial charge on any atom is 0.407 e. The minimum absolute atomic E-state index is 0.108. The van der Waals surface area contributed by atoms with E-state index in [-0.39, 0.29) is 6.10 Å². The Balaban J connectivity index is 1.56. The quantitative estimate of drug-likeness (QED) is 0.898. The lowest BCUT2D eigenvalue weighted by Gasteiger charge is -2.28. The maximum atomic E-state index is 10.9. The van der Waals surface area contributed by atoms with Gasteiger partial charge in [0.05, 0.1) is 31.6 Å². The van der Waals surface area contributed by atoms with Crippen molar-refractivity contribution < 1.29 is 19.4 Å². The van der Waals surface area contributed by atoms with Crippen LogP contribution in [-0.4, -0.2) is 66.6 Å². The lowest BCUT2D eigenvalue weighted by molar-refractivity contribution is 0.122. The van der Waals surface area contributed by atoms with Crippen LogP contribution in [0.25, 0.3) is 0 Å². The first-order chi connectivity index (χ1) is 10.2. The number of nitrogens with zero attached hydrogens (tertiary/aromatic N) is 3. The topological polar surface area (TPSA) is 75.1 Å². The van der Waals surface area contributed by atoms with Crippen LogP contribution in [0, 0.1) is 0 Å². The normalized spacial score (nSPS) is 22.4. The van der Waals surface area contributed by atoms with Crippen molar-refractivity contribution in [3.63, 3.8) is 0 Å². The van der Waals surface area contributed by atoms with Gasteiger partial charge in [-0.15, -0.1) is 0 Å². The lowest BCUT2D eigenvalue weighted by Crippen LogP contribution is -2.36. The van der Waals surface area contributed by atoms with E-state index in [1.54, 1.807) is 6.20 Å². The standard InChI is InChI=1S/C14H19N3O4/c18-14(19)17-4-3-12(10-17)21-13-2-1-11(9-15-13)16-5-7-20-8-6-16/h1-2,9,12H,3-8,10H2,(H,18,19). The number of anilines is 1. The summed E-state index contributed by atoms with van der Waals surface area (Å²) in [6, 6.07) is 3.83. The molecule has 2 saturated heterocycles. The van der Waals surface area contributed by atoms with Crippen LogP contribution in [0.15, 0.2) is 18.3 Å². The molecule has 1 N–H and O–H groups in total. The Labute approximate surface area is 123 Å². The van der Waals surface area contributed by atoms with E-state index in [4.69, 9.17) is 14.6 Å². The van der Waals surface area contributed by atoms with E-state index in [9.17, 15) is 4.79 Å². The molecule has 0 bridgehead atoms. The van der Waals surface area contributed by atoms with Crippen LogP contribution in [0.5, 0.6) is 5.88 Å².